The SMILES string of the molecule is Cc1cc(C(=O)c2cc(Br)ccc2F)ccn1. The Morgan fingerprint density at radius 3 is 2.76 bits per heavy atom. The monoisotopic (exact) mass is 293 g/mol. The molecule has 0 amide bonds. The Balaban J connectivity index is 2.47. The lowest BCUT2D eigenvalue weighted by Gasteiger charge is -2.04. The van der Waals surface area contributed by atoms with E-state index in [1.54, 1.807) is 31.3 Å². The Morgan fingerprint density at radius 2 is 2.06 bits per heavy atom. The number of rotatable bonds is 2. The molecule has 0 radical (unpaired) electrons. The first-order chi connectivity index (χ1) is 8.08. The van der Waals surface area contributed by atoms with Gasteiger partial charge in [0.25, 0.3) is 0 Å². The second-order valence-electron chi connectivity index (χ2n) is 3.64. The van der Waals surface area contributed by atoms with Crippen molar-refractivity contribution in [2.45, 2.75) is 6.92 Å². The van der Waals surface area contributed by atoms with Gasteiger partial charge < -0.3 is 0 Å². The highest BCUT2D eigenvalue weighted by Gasteiger charge is 2.14. The van der Waals surface area contributed by atoms with Crippen LogP contribution in [0.15, 0.2) is 41.0 Å². The van der Waals surface area contributed by atoms with Crippen LogP contribution in [0.1, 0.15) is 21.6 Å². The van der Waals surface area contributed by atoms with E-state index in [9.17, 15) is 9.18 Å². The maximum absolute atomic E-state index is 13.5. The molecule has 2 nitrogen and oxygen atoms in total. The molecule has 1 aromatic carbocycles. The van der Waals surface area contributed by atoms with Crippen LogP contribution in [0, 0.1) is 12.7 Å². The highest BCUT2D eigenvalue weighted by atomic mass is 79.9. The number of halogens is 2. The largest absolute Gasteiger partial charge is 0.288 e. The van der Waals surface area contributed by atoms with Crippen LogP contribution in [0.3, 0.4) is 0 Å². The third-order valence-electron chi connectivity index (χ3n) is 2.33. The van der Waals surface area contributed by atoms with Crippen molar-refractivity contribution in [1.82, 2.24) is 4.98 Å². The average Bonchev–Trinajstić information content (AvgIpc) is 2.31. The van der Waals surface area contributed by atoms with E-state index >= 15 is 0 Å². The number of carbonyl (C=O) groups excluding carboxylic acids is 1. The van der Waals surface area contributed by atoms with Gasteiger partial charge in [0.05, 0.1) is 5.56 Å². The molecule has 0 fully saturated rings. The summed E-state index contributed by atoms with van der Waals surface area (Å²) in [6, 6.07) is 7.53. The summed E-state index contributed by atoms with van der Waals surface area (Å²) >= 11 is 3.22. The van der Waals surface area contributed by atoms with Crippen molar-refractivity contribution >= 4 is 21.7 Å². The van der Waals surface area contributed by atoms with Crippen LogP contribution in [0.5, 0.6) is 0 Å². The minimum absolute atomic E-state index is 0.0602. The molecule has 4 heteroatoms. The van der Waals surface area contributed by atoms with Gasteiger partial charge in [-0.2, -0.15) is 0 Å². The fourth-order valence-electron chi connectivity index (χ4n) is 1.51. The second-order valence-corrected chi connectivity index (χ2v) is 4.55. The second kappa shape index (κ2) is 4.75. The van der Waals surface area contributed by atoms with Gasteiger partial charge >= 0.3 is 0 Å². The fraction of sp³-hybridized carbons (Fsp3) is 0.0769. The summed E-state index contributed by atoms with van der Waals surface area (Å²) in [5.41, 5.74) is 1.23. The molecule has 0 aliphatic heterocycles. The predicted octanol–water partition coefficient (Wildman–Crippen LogP) is 3.52. The molecular weight excluding hydrogens is 285 g/mol. The molecule has 0 aliphatic carbocycles. The van der Waals surface area contributed by atoms with Crippen LogP contribution in [0.2, 0.25) is 0 Å². The summed E-state index contributed by atoms with van der Waals surface area (Å²) in [6.45, 7) is 1.79. The van der Waals surface area contributed by atoms with Crippen LogP contribution in [0.25, 0.3) is 0 Å². The lowest BCUT2D eigenvalue weighted by Crippen LogP contribution is -2.05. The molecular formula is C13H9BrFNO. The quantitative estimate of drug-likeness (QED) is 0.793. The molecule has 1 heterocycles. The summed E-state index contributed by atoms with van der Waals surface area (Å²) < 4.78 is 14.2. The standard InChI is InChI=1S/C13H9BrFNO/c1-8-6-9(4-5-16-8)13(17)11-7-10(14)2-3-12(11)15/h2-7H,1H3. The lowest BCUT2D eigenvalue weighted by atomic mass is 10.0. The maximum atomic E-state index is 13.5. The molecule has 0 N–H and O–H groups in total. The zero-order chi connectivity index (χ0) is 12.4. The zero-order valence-corrected chi connectivity index (χ0v) is 10.7. The van der Waals surface area contributed by atoms with E-state index in [4.69, 9.17) is 0 Å². The Kier molecular flexibility index (Phi) is 3.33. The Hall–Kier alpha value is -1.55. The maximum Gasteiger partial charge on any atom is 0.196 e. The summed E-state index contributed by atoms with van der Waals surface area (Å²) in [5, 5.41) is 0. The van der Waals surface area contributed by atoms with Gasteiger partial charge in [-0.05, 0) is 37.3 Å². The number of benzene rings is 1. The van der Waals surface area contributed by atoms with Gasteiger partial charge in [0.15, 0.2) is 5.78 Å². The first-order valence-electron chi connectivity index (χ1n) is 5.00. The minimum atomic E-state index is -0.521. The van der Waals surface area contributed by atoms with E-state index in [1.165, 1.54) is 12.1 Å². The van der Waals surface area contributed by atoms with E-state index < -0.39 is 5.82 Å². The van der Waals surface area contributed by atoms with E-state index in [0.717, 1.165) is 5.69 Å². The number of ketones is 1. The molecule has 1 aromatic heterocycles. The number of carbonyl (C=O) groups is 1. The molecule has 17 heavy (non-hydrogen) atoms. The van der Waals surface area contributed by atoms with Crippen LogP contribution in [0.4, 0.5) is 4.39 Å². The minimum Gasteiger partial charge on any atom is -0.288 e. The normalized spacial score (nSPS) is 10.3. The Labute approximate surface area is 107 Å². The molecule has 2 rings (SSSR count). The van der Waals surface area contributed by atoms with Crippen molar-refractivity contribution in [3.8, 4) is 0 Å². The van der Waals surface area contributed by atoms with Crippen molar-refractivity contribution in [1.29, 1.82) is 0 Å². The summed E-state index contributed by atoms with van der Waals surface area (Å²) in [5.74, 6) is -0.859. The molecule has 0 saturated heterocycles. The van der Waals surface area contributed by atoms with Gasteiger partial charge in [-0.25, -0.2) is 4.39 Å². The number of aromatic nitrogens is 1. The van der Waals surface area contributed by atoms with Gasteiger partial charge in [0, 0.05) is 21.9 Å². The molecule has 0 atom stereocenters. The lowest BCUT2D eigenvalue weighted by molar-refractivity contribution is 0.103. The molecule has 0 unspecified atom stereocenters. The van der Waals surface area contributed by atoms with Crippen LogP contribution in [-0.4, -0.2) is 10.8 Å². The van der Waals surface area contributed by atoms with E-state index in [1.807, 2.05) is 0 Å². The number of hydrogen-bond donors (Lipinski definition) is 0. The number of nitrogens with zero attached hydrogens (tertiary/aromatic N) is 1. The van der Waals surface area contributed by atoms with Crippen molar-refractivity contribution in [3.63, 3.8) is 0 Å². The highest BCUT2D eigenvalue weighted by Crippen LogP contribution is 2.19. The van der Waals surface area contributed by atoms with Gasteiger partial charge in [0.2, 0.25) is 0 Å². The smallest absolute Gasteiger partial charge is 0.196 e. The topological polar surface area (TPSA) is 30.0 Å². The van der Waals surface area contributed by atoms with Gasteiger partial charge in [-0.3, -0.25) is 9.78 Å². The Bertz CT molecular complexity index is 583. The molecule has 86 valence electrons. The number of aryl methyl sites for hydroxylation is 1. The van der Waals surface area contributed by atoms with Crippen molar-refractivity contribution in [2.24, 2.45) is 0 Å². The van der Waals surface area contributed by atoms with Crippen molar-refractivity contribution in [2.75, 3.05) is 0 Å². The van der Waals surface area contributed by atoms with Crippen LogP contribution < -0.4 is 0 Å². The first kappa shape index (κ1) is 11.9. The van der Waals surface area contributed by atoms with Crippen molar-refractivity contribution < 1.29 is 9.18 Å². The molecule has 0 saturated carbocycles. The average molecular weight is 294 g/mol. The van der Waals surface area contributed by atoms with E-state index in [2.05, 4.69) is 20.9 Å². The van der Waals surface area contributed by atoms with E-state index in [0.29, 0.717) is 10.0 Å². The van der Waals surface area contributed by atoms with Crippen LogP contribution >= 0.6 is 15.9 Å². The zero-order valence-electron chi connectivity index (χ0n) is 9.08. The molecule has 0 aliphatic rings. The third-order valence-corrected chi connectivity index (χ3v) is 2.83. The summed E-state index contributed by atoms with van der Waals surface area (Å²) in [4.78, 5) is 16.1. The summed E-state index contributed by atoms with van der Waals surface area (Å²) in [6.07, 6.45) is 1.54. The van der Waals surface area contributed by atoms with Gasteiger partial charge in [-0.1, -0.05) is 15.9 Å². The Morgan fingerprint density at radius 1 is 1.29 bits per heavy atom. The van der Waals surface area contributed by atoms with Gasteiger partial charge in [0.1, 0.15) is 5.82 Å². The van der Waals surface area contributed by atoms with E-state index in [-0.39, 0.29) is 11.3 Å². The van der Waals surface area contributed by atoms with Crippen LogP contribution in [-0.2, 0) is 0 Å². The fourth-order valence-corrected chi connectivity index (χ4v) is 1.87. The molecule has 2 aromatic rings. The molecule has 0 bridgehead atoms. The summed E-state index contributed by atoms with van der Waals surface area (Å²) in [7, 11) is 0. The van der Waals surface area contributed by atoms with Crippen molar-refractivity contribution in [3.05, 3.63) is 63.6 Å². The highest BCUT2D eigenvalue weighted by molar-refractivity contribution is 9.10. The predicted molar refractivity (Wildman–Crippen MR) is 66.5 cm³/mol. The number of hydrogen-bond acceptors (Lipinski definition) is 2. The number of pyridine rings is 1. The first-order valence-corrected chi connectivity index (χ1v) is 5.79. The van der Waals surface area contributed by atoms with Gasteiger partial charge in [-0.15, -0.1) is 0 Å². The molecule has 0 spiro atoms. The third kappa shape index (κ3) is 2.58.